The second kappa shape index (κ2) is 3.33. The van der Waals surface area contributed by atoms with Crippen molar-refractivity contribution in [3.8, 4) is 0 Å². The van der Waals surface area contributed by atoms with Crippen LogP contribution < -0.4 is 0 Å². The first-order valence-electron chi connectivity index (χ1n) is 4.15. The summed E-state index contributed by atoms with van der Waals surface area (Å²) in [5.74, 6) is -0.386. The van der Waals surface area contributed by atoms with Crippen LogP contribution in [-0.2, 0) is 0 Å². The van der Waals surface area contributed by atoms with Gasteiger partial charge in [-0.25, -0.2) is 13.2 Å². The number of hydrogen-bond donors (Lipinski definition) is 0. The molecule has 0 bridgehead atoms. The van der Waals surface area contributed by atoms with Gasteiger partial charge in [-0.15, -0.1) is 0 Å². The van der Waals surface area contributed by atoms with E-state index in [2.05, 4.69) is 0 Å². The van der Waals surface area contributed by atoms with Crippen molar-refractivity contribution >= 4 is 10.8 Å². The van der Waals surface area contributed by atoms with Crippen molar-refractivity contribution in [2.75, 3.05) is 0 Å². The minimum Gasteiger partial charge on any atom is -0.206 e. The average molecular weight is 196 g/mol. The molecule has 0 saturated carbocycles. The van der Waals surface area contributed by atoms with Gasteiger partial charge < -0.3 is 0 Å². The third-order valence-corrected chi connectivity index (χ3v) is 2.10. The molecule has 0 radical (unpaired) electrons. The Morgan fingerprint density at radius 1 is 1.00 bits per heavy atom. The average Bonchev–Trinajstić information content (AvgIpc) is 2.17. The predicted molar refractivity (Wildman–Crippen MR) is 48.9 cm³/mol. The molecule has 3 heteroatoms. The number of hydrogen-bond acceptors (Lipinski definition) is 0. The summed E-state index contributed by atoms with van der Waals surface area (Å²) in [5, 5.41) is 0.875. The lowest BCUT2D eigenvalue weighted by atomic mass is 10.1. The van der Waals surface area contributed by atoms with Crippen LogP contribution in [0, 0.1) is 5.82 Å². The first-order valence-corrected chi connectivity index (χ1v) is 4.15. The highest BCUT2D eigenvalue weighted by atomic mass is 19.3. The van der Waals surface area contributed by atoms with Gasteiger partial charge in [-0.3, -0.25) is 0 Å². The third-order valence-electron chi connectivity index (χ3n) is 2.10. The Bertz CT molecular complexity index is 463. The highest BCUT2D eigenvalue weighted by Crippen LogP contribution is 2.24. The van der Waals surface area contributed by atoms with Crippen LogP contribution in [0.5, 0.6) is 0 Å². The zero-order chi connectivity index (χ0) is 10.1. The van der Waals surface area contributed by atoms with Gasteiger partial charge in [0.05, 0.1) is 0 Å². The van der Waals surface area contributed by atoms with E-state index in [-0.39, 0.29) is 11.4 Å². The molecule has 0 saturated heterocycles. The largest absolute Gasteiger partial charge is 0.263 e. The highest BCUT2D eigenvalue weighted by Gasteiger charge is 2.08. The quantitative estimate of drug-likeness (QED) is 0.648. The van der Waals surface area contributed by atoms with Crippen LogP contribution in [0.1, 0.15) is 12.0 Å². The molecule has 2 aromatic carbocycles. The first kappa shape index (κ1) is 9.06. The van der Waals surface area contributed by atoms with E-state index in [1.165, 1.54) is 30.3 Å². The fourth-order valence-electron chi connectivity index (χ4n) is 1.40. The maximum Gasteiger partial charge on any atom is 0.263 e. The van der Waals surface area contributed by atoms with Gasteiger partial charge >= 0.3 is 0 Å². The number of fused-ring (bicyclic) bond motifs is 1. The van der Waals surface area contributed by atoms with Crippen molar-refractivity contribution in [2.45, 2.75) is 6.43 Å². The molecule has 2 aromatic rings. The van der Waals surface area contributed by atoms with Gasteiger partial charge in [0.2, 0.25) is 0 Å². The summed E-state index contributed by atoms with van der Waals surface area (Å²) < 4.78 is 37.7. The molecular formula is C11H7F3. The molecule has 0 N–H and O–H groups in total. The summed E-state index contributed by atoms with van der Waals surface area (Å²) >= 11 is 0. The Morgan fingerprint density at radius 2 is 1.79 bits per heavy atom. The van der Waals surface area contributed by atoms with Crippen LogP contribution in [0.3, 0.4) is 0 Å². The van der Waals surface area contributed by atoms with E-state index in [1.54, 1.807) is 6.07 Å². The maximum atomic E-state index is 13.1. The van der Waals surface area contributed by atoms with Gasteiger partial charge in [-0.05, 0) is 17.5 Å². The first-order chi connectivity index (χ1) is 6.68. The molecule has 0 nitrogen and oxygen atoms in total. The molecule has 0 amide bonds. The molecule has 2 rings (SSSR count). The number of alkyl halides is 2. The summed E-state index contributed by atoms with van der Waals surface area (Å²) in [6.07, 6.45) is -2.51. The van der Waals surface area contributed by atoms with Crippen molar-refractivity contribution < 1.29 is 13.2 Å². The van der Waals surface area contributed by atoms with E-state index in [0.29, 0.717) is 10.8 Å². The fraction of sp³-hybridized carbons (Fsp3) is 0.0909. The zero-order valence-electron chi connectivity index (χ0n) is 7.18. The van der Waals surface area contributed by atoms with Crippen molar-refractivity contribution in [2.24, 2.45) is 0 Å². The molecule has 0 aliphatic carbocycles. The van der Waals surface area contributed by atoms with E-state index >= 15 is 0 Å². The molecule has 14 heavy (non-hydrogen) atoms. The molecule has 0 unspecified atom stereocenters. The standard InChI is InChI=1S/C11H7F3/c12-10-3-1-2-7-6-8(11(13)14)4-5-9(7)10/h1-6,11H. The van der Waals surface area contributed by atoms with E-state index < -0.39 is 6.43 Å². The summed E-state index contributed by atoms with van der Waals surface area (Å²) in [7, 11) is 0. The maximum absolute atomic E-state index is 13.1. The van der Waals surface area contributed by atoms with Gasteiger partial charge in [0.25, 0.3) is 6.43 Å². The topological polar surface area (TPSA) is 0 Å². The van der Waals surface area contributed by atoms with Gasteiger partial charge in [-0.2, -0.15) is 0 Å². The number of halogens is 3. The molecule has 0 aliphatic rings. The van der Waals surface area contributed by atoms with Crippen molar-refractivity contribution in [3.63, 3.8) is 0 Å². The molecule has 0 aliphatic heterocycles. The van der Waals surface area contributed by atoms with E-state index in [0.717, 1.165) is 0 Å². The second-order valence-corrected chi connectivity index (χ2v) is 3.02. The van der Waals surface area contributed by atoms with Crippen LogP contribution >= 0.6 is 0 Å². The third kappa shape index (κ3) is 1.45. The van der Waals surface area contributed by atoms with Gasteiger partial charge in [0.15, 0.2) is 0 Å². The highest BCUT2D eigenvalue weighted by molar-refractivity contribution is 5.83. The molecule has 0 atom stereocenters. The monoisotopic (exact) mass is 196 g/mol. The van der Waals surface area contributed by atoms with Gasteiger partial charge in [0, 0.05) is 10.9 Å². The van der Waals surface area contributed by atoms with E-state index in [9.17, 15) is 13.2 Å². The summed E-state index contributed by atoms with van der Waals surface area (Å²) in [5.41, 5.74) is -0.0805. The lowest BCUT2D eigenvalue weighted by Gasteiger charge is -2.02. The molecule has 72 valence electrons. The van der Waals surface area contributed by atoms with Crippen molar-refractivity contribution in [1.82, 2.24) is 0 Å². The summed E-state index contributed by atoms with van der Waals surface area (Å²) in [4.78, 5) is 0. The Hall–Kier alpha value is -1.51. The minimum atomic E-state index is -2.51. The summed E-state index contributed by atoms with van der Waals surface area (Å²) in [6.45, 7) is 0. The summed E-state index contributed by atoms with van der Waals surface area (Å²) in [6, 6.07) is 8.37. The Kier molecular flexibility index (Phi) is 2.15. The van der Waals surface area contributed by atoms with Crippen molar-refractivity contribution in [3.05, 3.63) is 47.8 Å². The lowest BCUT2D eigenvalue weighted by Crippen LogP contribution is -1.85. The molecular weight excluding hydrogens is 189 g/mol. The van der Waals surface area contributed by atoms with Crippen molar-refractivity contribution in [1.29, 1.82) is 0 Å². The zero-order valence-corrected chi connectivity index (χ0v) is 7.18. The molecule has 0 aromatic heterocycles. The normalized spacial score (nSPS) is 11.1. The van der Waals surface area contributed by atoms with E-state index in [4.69, 9.17) is 0 Å². The number of rotatable bonds is 1. The minimum absolute atomic E-state index is 0.0805. The van der Waals surface area contributed by atoms with E-state index in [1.807, 2.05) is 0 Å². The van der Waals surface area contributed by atoms with Gasteiger partial charge in [0.1, 0.15) is 5.82 Å². The molecule has 0 heterocycles. The van der Waals surface area contributed by atoms with Crippen LogP contribution in [-0.4, -0.2) is 0 Å². The molecule has 0 fully saturated rings. The Balaban J connectivity index is 2.67. The SMILES string of the molecule is Fc1cccc2cc(C(F)F)ccc12. The van der Waals surface area contributed by atoms with Crippen LogP contribution in [0.15, 0.2) is 36.4 Å². The van der Waals surface area contributed by atoms with Crippen LogP contribution in [0.4, 0.5) is 13.2 Å². The smallest absolute Gasteiger partial charge is 0.206 e. The molecule has 0 spiro atoms. The fourth-order valence-corrected chi connectivity index (χ4v) is 1.40. The predicted octanol–water partition coefficient (Wildman–Crippen LogP) is 3.92. The van der Waals surface area contributed by atoms with Crippen LogP contribution in [0.25, 0.3) is 10.8 Å². The number of benzene rings is 2. The Morgan fingerprint density at radius 3 is 2.50 bits per heavy atom. The lowest BCUT2D eigenvalue weighted by molar-refractivity contribution is 0.151. The van der Waals surface area contributed by atoms with Crippen LogP contribution in [0.2, 0.25) is 0 Å². The van der Waals surface area contributed by atoms with Gasteiger partial charge in [-0.1, -0.05) is 24.3 Å². The Labute approximate surface area is 79.0 Å². The second-order valence-electron chi connectivity index (χ2n) is 3.02.